The van der Waals surface area contributed by atoms with Crippen molar-refractivity contribution in [1.29, 1.82) is 0 Å². The molecule has 5 nitrogen and oxygen atoms in total. The van der Waals surface area contributed by atoms with Crippen LogP contribution in [0.25, 0.3) is 0 Å². The van der Waals surface area contributed by atoms with Gasteiger partial charge >= 0.3 is 11.9 Å². The average molecular weight is 213 g/mol. The predicted molar refractivity (Wildman–Crippen MR) is 54.9 cm³/mol. The second-order valence-electron chi connectivity index (χ2n) is 2.70. The smallest absolute Gasteiger partial charge is 0.323 e. The van der Waals surface area contributed by atoms with Gasteiger partial charge in [0, 0.05) is 0 Å². The van der Waals surface area contributed by atoms with Crippen LogP contribution >= 0.6 is 0 Å². The van der Waals surface area contributed by atoms with Crippen molar-refractivity contribution < 1.29 is 19.1 Å². The molecule has 0 saturated carbocycles. The number of carbonyl (C=O) groups excluding carboxylic acids is 2. The summed E-state index contributed by atoms with van der Waals surface area (Å²) in [5, 5.41) is 0. The van der Waals surface area contributed by atoms with Crippen LogP contribution in [0.15, 0.2) is 25.3 Å². The minimum absolute atomic E-state index is 0.0776. The Morgan fingerprint density at radius 1 is 1.20 bits per heavy atom. The Morgan fingerprint density at radius 3 is 2.27 bits per heavy atom. The van der Waals surface area contributed by atoms with Crippen molar-refractivity contribution in [1.82, 2.24) is 0 Å². The van der Waals surface area contributed by atoms with E-state index in [4.69, 9.17) is 5.73 Å². The number of rotatable bonds is 7. The number of esters is 2. The molecule has 0 spiro atoms. The Kier molecular flexibility index (Phi) is 6.92. The third-order valence-corrected chi connectivity index (χ3v) is 1.39. The fourth-order valence-electron chi connectivity index (χ4n) is 0.722. The Morgan fingerprint density at radius 2 is 1.73 bits per heavy atom. The van der Waals surface area contributed by atoms with E-state index in [0.29, 0.717) is 0 Å². The highest BCUT2D eigenvalue weighted by atomic mass is 16.5. The van der Waals surface area contributed by atoms with E-state index in [1.165, 1.54) is 12.2 Å². The van der Waals surface area contributed by atoms with E-state index in [-0.39, 0.29) is 19.6 Å². The molecule has 1 atom stereocenters. The first-order chi connectivity index (χ1) is 7.11. The molecule has 0 heterocycles. The minimum atomic E-state index is -0.998. The summed E-state index contributed by atoms with van der Waals surface area (Å²) in [5.74, 6) is -1.21. The monoisotopic (exact) mass is 213 g/mol. The molecule has 0 radical (unpaired) electrons. The maximum atomic E-state index is 11.1. The van der Waals surface area contributed by atoms with Crippen molar-refractivity contribution in [2.24, 2.45) is 5.73 Å². The summed E-state index contributed by atoms with van der Waals surface area (Å²) in [6.07, 6.45) is 2.64. The first-order valence-electron chi connectivity index (χ1n) is 4.41. The molecule has 0 bridgehead atoms. The number of hydrogen-bond acceptors (Lipinski definition) is 5. The Labute approximate surface area is 88.5 Å². The molecule has 0 aliphatic heterocycles. The van der Waals surface area contributed by atoms with Crippen molar-refractivity contribution in [2.75, 3.05) is 13.2 Å². The van der Waals surface area contributed by atoms with E-state index in [1.54, 1.807) is 0 Å². The van der Waals surface area contributed by atoms with Crippen molar-refractivity contribution in [3.63, 3.8) is 0 Å². The maximum absolute atomic E-state index is 11.1. The van der Waals surface area contributed by atoms with Gasteiger partial charge in [0.2, 0.25) is 0 Å². The van der Waals surface area contributed by atoms with Gasteiger partial charge in [-0.05, 0) is 0 Å². The molecule has 0 aromatic heterocycles. The molecule has 0 aliphatic carbocycles. The second kappa shape index (κ2) is 7.75. The van der Waals surface area contributed by atoms with Crippen LogP contribution in [0.5, 0.6) is 0 Å². The highest BCUT2D eigenvalue weighted by molar-refractivity contribution is 5.82. The molecule has 0 rings (SSSR count). The van der Waals surface area contributed by atoms with E-state index in [0.717, 1.165) is 0 Å². The molecular formula is C10H15NO4. The summed E-state index contributed by atoms with van der Waals surface area (Å²) in [4.78, 5) is 22.1. The van der Waals surface area contributed by atoms with Crippen molar-refractivity contribution in [3.05, 3.63) is 25.3 Å². The van der Waals surface area contributed by atoms with E-state index in [1.807, 2.05) is 0 Å². The zero-order chi connectivity index (χ0) is 11.7. The average Bonchev–Trinajstić information content (AvgIpc) is 2.22. The third-order valence-electron chi connectivity index (χ3n) is 1.39. The van der Waals surface area contributed by atoms with Gasteiger partial charge in [0.05, 0.1) is 6.42 Å². The summed E-state index contributed by atoms with van der Waals surface area (Å²) in [6.45, 7) is 6.93. The van der Waals surface area contributed by atoms with Crippen LogP contribution in [0, 0.1) is 0 Å². The Balaban J connectivity index is 3.84. The van der Waals surface area contributed by atoms with Gasteiger partial charge in [0.1, 0.15) is 19.3 Å². The Hall–Kier alpha value is -1.62. The fourth-order valence-corrected chi connectivity index (χ4v) is 0.722. The topological polar surface area (TPSA) is 78.6 Å². The van der Waals surface area contributed by atoms with Gasteiger partial charge in [-0.1, -0.05) is 25.3 Å². The molecule has 5 heteroatoms. The van der Waals surface area contributed by atoms with Crippen LogP contribution < -0.4 is 5.73 Å². The highest BCUT2D eigenvalue weighted by Gasteiger charge is 2.19. The van der Waals surface area contributed by atoms with Gasteiger partial charge in [-0.3, -0.25) is 9.59 Å². The lowest BCUT2D eigenvalue weighted by atomic mass is 10.2. The van der Waals surface area contributed by atoms with E-state index in [9.17, 15) is 9.59 Å². The molecule has 0 unspecified atom stereocenters. The summed E-state index contributed by atoms with van der Waals surface area (Å²) in [5.41, 5.74) is 5.40. The number of hydrogen-bond donors (Lipinski definition) is 1. The summed E-state index contributed by atoms with van der Waals surface area (Å²) in [7, 11) is 0. The second-order valence-corrected chi connectivity index (χ2v) is 2.70. The molecule has 2 N–H and O–H groups in total. The number of ether oxygens (including phenoxy) is 2. The van der Waals surface area contributed by atoms with E-state index >= 15 is 0 Å². The predicted octanol–water partition coefficient (Wildman–Crippen LogP) is 0.162. The molecule has 0 aromatic carbocycles. The van der Waals surface area contributed by atoms with Crippen LogP contribution in [0.2, 0.25) is 0 Å². The highest BCUT2D eigenvalue weighted by Crippen LogP contribution is 1.95. The number of nitrogens with two attached hydrogens (primary N) is 1. The van der Waals surface area contributed by atoms with Gasteiger partial charge in [-0.15, -0.1) is 0 Å². The molecule has 0 fully saturated rings. The largest absolute Gasteiger partial charge is 0.461 e. The maximum Gasteiger partial charge on any atom is 0.323 e. The van der Waals surface area contributed by atoms with Gasteiger partial charge in [-0.25, -0.2) is 0 Å². The minimum Gasteiger partial charge on any atom is -0.461 e. The summed E-state index contributed by atoms with van der Waals surface area (Å²) >= 11 is 0. The zero-order valence-corrected chi connectivity index (χ0v) is 8.48. The molecule has 0 aliphatic rings. The Bertz CT molecular complexity index is 250. The standard InChI is InChI=1S/C10H15NO4/c1-3-5-14-9(12)7-8(11)10(13)15-6-4-2/h3-4,8H,1-2,5-7,11H2/t8-/m0/s1. The van der Waals surface area contributed by atoms with Crippen LogP contribution in [0.1, 0.15) is 6.42 Å². The normalized spacial score (nSPS) is 11.3. The van der Waals surface area contributed by atoms with E-state index in [2.05, 4.69) is 22.6 Å². The van der Waals surface area contributed by atoms with Gasteiger partial charge in [-0.2, -0.15) is 0 Å². The zero-order valence-electron chi connectivity index (χ0n) is 8.48. The molecular weight excluding hydrogens is 198 g/mol. The lowest BCUT2D eigenvalue weighted by Crippen LogP contribution is -2.35. The van der Waals surface area contributed by atoms with Crippen molar-refractivity contribution in [3.8, 4) is 0 Å². The van der Waals surface area contributed by atoms with Crippen LogP contribution in [0.3, 0.4) is 0 Å². The van der Waals surface area contributed by atoms with Crippen LogP contribution in [-0.4, -0.2) is 31.2 Å². The first kappa shape index (κ1) is 13.4. The third kappa shape index (κ3) is 6.45. The van der Waals surface area contributed by atoms with E-state index < -0.39 is 18.0 Å². The fraction of sp³-hybridized carbons (Fsp3) is 0.400. The molecule has 0 saturated heterocycles. The number of carbonyl (C=O) groups is 2. The molecule has 0 amide bonds. The first-order valence-corrected chi connectivity index (χ1v) is 4.41. The summed E-state index contributed by atoms with van der Waals surface area (Å²) < 4.78 is 9.30. The van der Waals surface area contributed by atoms with Crippen molar-refractivity contribution in [2.45, 2.75) is 12.5 Å². The lowest BCUT2D eigenvalue weighted by Gasteiger charge is -2.09. The van der Waals surface area contributed by atoms with Gasteiger partial charge in [0.15, 0.2) is 0 Å². The lowest BCUT2D eigenvalue weighted by molar-refractivity contribution is -0.150. The van der Waals surface area contributed by atoms with Gasteiger partial charge in [0.25, 0.3) is 0 Å². The summed E-state index contributed by atoms with van der Waals surface area (Å²) in [6, 6.07) is -0.998. The molecule has 0 aromatic rings. The quantitative estimate of drug-likeness (QED) is 0.481. The van der Waals surface area contributed by atoms with Crippen LogP contribution in [-0.2, 0) is 19.1 Å². The van der Waals surface area contributed by atoms with Crippen molar-refractivity contribution >= 4 is 11.9 Å². The SMILES string of the molecule is C=CCOC(=O)C[C@H](N)C(=O)OCC=C. The van der Waals surface area contributed by atoms with Crippen LogP contribution in [0.4, 0.5) is 0 Å². The van der Waals surface area contributed by atoms with Gasteiger partial charge < -0.3 is 15.2 Å². The molecule has 15 heavy (non-hydrogen) atoms. The molecule has 84 valence electrons.